The fourth-order valence-electron chi connectivity index (χ4n) is 6.02. The Kier molecular flexibility index (Phi) is 11.5. The van der Waals surface area contributed by atoms with Gasteiger partial charge in [-0.15, -0.1) is 0 Å². The smallest absolute Gasteiger partial charge is 0.258 e. The molecule has 0 aromatic heterocycles. The van der Waals surface area contributed by atoms with Crippen LogP contribution in [0, 0.1) is 11.7 Å². The average Bonchev–Trinajstić information content (AvgIpc) is 3.08. The number of carbonyl (C=O) groups is 2. The van der Waals surface area contributed by atoms with Gasteiger partial charge in [0.2, 0.25) is 5.91 Å². The first-order valence-electron chi connectivity index (χ1n) is 16.4. The fourth-order valence-corrected chi connectivity index (χ4v) is 6.02. The SMILES string of the molecule is CCC(C(=O)Nc1cccc2c1O[C@H](CN(C)Cc1ccc(Oc3ccccc3)cc1)[C@H](C)CN([C@@H](C)CO)C2=O)c1ccc(F)cc1. The van der Waals surface area contributed by atoms with Crippen molar-refractivity contribution < 1.29 is 28.6 Å². The molecule has 1 aliphatic heterocycles. The van der Waals surface area contributed by atoms with Crippen LogP contribution in [0.15, 0.2) is 97.1 Å². The standard InChI is InChI=1S/C39H44FN3O5/c1-5-33(29-16-18-30(40)19-17-29)38(45)41-35-13-9-12-34-37(35)48-36(26(2)22-43(39(34)46)27(3)25-44)24-42(4)23-28-14-20-32(21-15-28)47-31-10-7-6-8-11-31/h6-21,26-27,33,36,44H,5,22-25H2,1-4H3,(H,41,45)/t26-,27+,33?,36-/m1/s1. The van der Waals surface area contributed by atoms with Gasteiger partial charge in [0.25, 0.3) is 5.91 Å². The van der Waals surface area contributed by atoms with Gasteiger partial charge in [-0.2, -0.15) is 0 Å². The van der Waals surface area contributed by atoms with Crippen LogP contribution in [0.3, 0.4) is 0 Å². The zero-order valence-corrected chi connectivity index (χ0v) is 27.9. The Morgan fingerprint density at radius 2 is 1.71 bits per heavy atom. The van der Waals surface area contributed by atoms with E-state index in [2.05, 4.69) is 10.2 Å². The van der Waals surface area contributed by atoms with Gasteiger partial charge in [-0.25, -0.2) is 4.39 Å². The third kappa shape index (κ3) is 8.40. The molecule has 0 saturated carbocycles. The number of fused-ring (bicyclic) bond motifs is 1. The molecule has 2 N–H and O–H groups in total. The Bertz CT molecular complexity index is 1670. The predicted molar refractivity (Wildman–Crippen MR) is 185 cm³/mol. The number of carbonyl (C=O) groups excluding carboxylic acids is 2. The van der Waals surface area contributed by atoms with Crippen molar-refractivity contribution in [3.8, 4) is 17.2 Å². The van der Waals surface area contributed by atoms with E-state index in [1.165, 1.54) is 12.1 Å². The molecule has 252 valence electrons. The van der Waals surface area contributed by atoms with E-state index in [0.717, 1.165) is 17.1 Å². The van der Waals surface area contributed by atoms with Gasteiger partial charge in [0, 0.05) is 25.6 Å². The lowest BCUT2D eigenvalue weighted by molar-refractivity contribution is -0.117. The molecule has 48 heavy (non-hydrogen) atoms. The van der Waals surface area contributed by atoms with Crippen molar-refractivity contribution in [3.63, 3.8) is 0 Å². The summed E-state index contributed by atoms with van der Waals surface area (Å²) in [5.74, 6) is 0.273. The Morgan fingerprint density at radius 3 is 2.38 bits per heavy atom. The highest BCUT2D eigenvalue weighted by Gasteiger charge is 2.35. The molecule has 1 aliphatic rings. The molecule has 5 rings (SSSR count). The number of anilines is 1. The van der Waals surface area contributed by atoms with Gasteiger partial charge >= 0.3 is 0 Å². The van der Waals surface area contributed by atoms with E-state index >= 15 is 0 Å². The molecular weight excluding hydrogens is 609 g/mol. The van der Waals surface area contributed by atoms with Crippen molar-refractivity contribution >= 4 is 17.5 Å². The van der Waals surface area contributed by atoms with Gasteiger partial charge in [0.1, 0.15) is 23.4 Å². The highest BCUT2D eigenvalue weighted by Crippen LogP contribution is 2.36. The quantitative estimate of drug-likeness (QED) is 0.170. The van der Waals surface area contributed by atoms with Crippen molar-refractivity contribution in [1.29, 1.82) is 0 Å². The van der Waals surface area contributed by atoms with Gasteiger partial charge in [0.05, 0.1) is 29.8 Å². The summed E-state index contributed by atoms with van der Waals surface area (Å²) in [5.41, 5.74) is 2.50. The Hall–Kier alpha value is -4.73. The third-order valence-corrected chi connectivity index (χ3v) is 8.79. The molecule has 8 nitrogen and oxygen atoms in total. The summed E-state index contributed by atoms with van der Waals surface area (Å²) in [6.45, 7) is 7.14. The highest BCUT2D eigenvalue weighted by molar-refractivity contribution is 6.03. The summed E-state index contributed by atoms with van der Waals surface area (Å²) in [6, 6.07) is 28.3. The molecule has 0 fully saturated rings. The number of hydrogen-bond acceptors (Lipinski definition) is 6. The number of aliphatic hydroxyl groups is 1. The summed E-state index contributed by atoms with van der Waals surface area (Å²) < 4.78 is 26.3. The predicted octanol–water partition coefficient (Wildman–Crippen LogP) is 7.10. The van der Waals surface area contributed by atoms with Gasteiger partial charge in [-0.05, 0) is 80.1 Å². The largest absolute Gasteiger partial charge is 0.486 e. The number of rotatable bonds is 12. The fraction of sp³-hybridized carbons (Fsp3) is 0.333. The van der Waals surface area contributed by atoms with Crippen LogP contribution >= 0.6 is 0 Å². The minimum absolute atomic E-state index is 0.105. The highest BCUT2D eigenvalue weighted by atomic mass is 19.1. The van der Waals surface area contributed by atoms with Crippen molar-refractivity contribution in [2.75, 3.05) is 32.1 Å². The monoisotopic (exact) mass is 653 g/mol. The lowest BCUT2D eigenvalue weighted by atomic mass is 9.95. The van der Waals surface area contributed by atoms with Crippen molar-refractivity contribution in [2.45, 2.75) is 51.8 Å². The van der Waals surface area contributed by atoms with Gasteiger partial charge in [-0.1, -0.05) is 62.4 Å². The number of nitrogens with zero attached hydrogens (tertiary/aromatic N) is 2. The number of benzene rings is 4. The molecule has 4 aromatic rings. The van der Waals surface area contributed by atoms with Crippen LogP contribution in [0.4, 0.5) is 10.1 Å². The summed E-state index contributed by atoms with van der Waals surface area (Å²) in [7, 11) is 2.02. The zero-order chi connectivity index (χ0) is 34.2. The van der Waals surface area contributed by atoms with Crippen LogP contribution in [-0.2, 0) is 11.3 Å². The number of para-hydroxylation sites is 2. The van der Waals surface area contributed by atoms with Gasteiger partial charge in [-0.3, -0.25) is 14.5 Å². The number of amides is 2. The number of aliphatic hydroxyl groups excluding tert-OH is 1. The zero-order valence-electron chi connectivity index (χ0n) is 27.9. The number of halogens is 1. The van der Waals surface area contributed by atoms with Crippen LogP contribution in [-0.4, -0.2) is 65.6 Å². The molecule has 4 atom stereocenters. The maximum Gasteiger partial charge on any atom is 0.258 e. The molecule has 9 heteroatoms. The van der Waals surface area contributed by atoms with Crippen LogP contribution in [0.5, 0.6) is 17.2 Å². The molecular formula is C39H44FN3O5. The second kappa shape index (κ2) is 15.9. The lowest BCUT2D eigenvalue weighted by Crippen LogP contribution is -2.49. The van der Waals surface area contributed by atoms with Crippen molar-refractivity contribution in [1.82, 2.24) is 9.80 Å². The minimum atomic E-state index is -0.526. The summed E-state index contributed by atoms with van der Waals surface area (Å²) in [6.07, 6.45) is 0.144. The Morgan fingerprint density at radius 1 is 1.02 bits per heavy atom. The molecule has 0 saturated heterocycles. The van der Waals surface area contributed by atoms with Crippen molar-refractivity contribution in [3.05, 3.63) is 120 Å². The first-order chi connectivity index (χ1) is 23.2. The minimum Gasteiger partial charge on any atom is -0.486 e. The first-order valence-corrected chi connectivity index (χ1v) is 16.4. The molecule has 1 unspecified atom stereocenters. The van der Waals surface area contributed by atoms with Crippen LogP contribution < -0.4 is 14.8 Å². The van der Waals surface area contributed by atoms with Gasteiger partial charge < -0.3 is 24.8 Å². The maximum absolute atomic E-state index is 13.9. The summed E-state index contributed by atoms with van der Waals surface area (Å²) in [5, 5.41) is 13.1. The number of ether oxygens (including phenoxy) is 2. The second-order valence-electron chi connectivity index (χ2n) is 12.6. The number of likely N-dealkylation sites (N-methyl/N-ethyl adjacent to an activating group) is 1. The third-order valence-electron chi connectivity index (χ3n) is 8.79. The van der Waals surface area contributed by atoms with Crippen LogP contribution in [0.1, 0.15) is 54.6 Å². The Balaban J connectivity index is 1.37. The molecule has 2 amide bonds. The van der Waals surface area contributed by atoms with E-state index in [4.69, 9.17) is 9.47 Å². The Labute approximate surface area is 282 Å². The van der Waals surface area contributed by atoms with E-state index in [1.807, 2.05) is 82.4 Å². The maximum atomic E-state index is 13.9. The summed E-state index contributed by atoms with van der Waals surface area (Å²) >= 11 is 0. The molecule has 0 aliphatic carbocycles. The van der Waals surface area contributed by atoms with E-state index in [-0.39, 0.29) is 36.3 Å². The second-order valence-corrected chi connectivity index (χ2v) is 12.6. The number of nitrogens with one attached hydrogen (secondary N) is 1. The van der Waals surface area contributed by atoms with E-state index in [1.54, 1.807) is 35.2 Å². The average molecular weight is 654 g/mol. The van der Waals surface area contributed by atoms with E-state index in [0.29, 0.717) is 48.6 Å². The van der Waals surface area contributed by atoms with E-state index < -0.39 is 12.0 Å². The molecule has 0 radical (unpaired) electrons. The van der Waals surface area contributed by atoms with Crippen molar-refractivity contribution in [2.24, 2.45) is 5.92 Å². The number of hydrogen-bond donors (Lipinski definition) is 2. The normalized spacial score (nSPS) is 17.5. The summed E-state index contributed by atoms with van der Waals surface area (Å²) in [4.78, 5) is 31.4. The molecule has 0 spiro atoms. The molecule has 1 heterocycles. The lowest BCUT2D eigenvalue weighted by Gasteiger charge is -2.38. The molecule has 0 bridgehead atoms. The first kappa shape index (κ1) is 34.6. The van der Waals surface area contributed by atoms with Crippen LogP contribution in [0.2, 0.25) is 0 Å². The van der Waals surface area contributed by atoms with Gasteiger partial charge in [0.15, 0.2) is 5.75 Å². The van der Waals surface area contributed by atoms with E-state index in [9.17, 15) is 19.1 Å². The van der Waals surface area contributed by atoms with Crippen LogP contribution in [0.25, 0.3) is 0 Å². The topological polar surface area (TPSA) is 91.3 Å². The molecule has 4 aromatic carbocycles.